The highest BCUT2D eigenvalue weighted by atomic mass is 16.2. The first kappa shape index (κ1) is 9.21. The summed E-state index contributed by atoms with van der Waals surface area (Å²) in [5, 5.41) is 5.99. The molecule has 0 aliphatic carbocycles. The number of hydrogen-bond donors (Lipinski definition) is 3. The Balaban J connectivity index is 1.95. The smallest absolute Gasteiger partial charge is 0.231 e. The Kier molecular flexibility index (Phi) is 2.49. The molecule has 3 N–H and O–H groups in total. The van der Waals surface area contributed by atoms with Crippen molar-refractivity contribution < 1.29 is 4.79 Å². The van der Waals surface area contributed by atoms with E-state index in [-0.39, 0.29) is 17.9 Å². The van der Waals surface area contributed by atoms with Gasteiger partial charge in [-0.2, -0.15) is 0 Å². The lowest BCUT2D eigenvalue weighted by molar-refractivity contribution is -0.120. The fraction of sp³-hybridized carbons (Fsp3) is 0.556. The van der Waals surface area contributed by atoms with Gasteiger partial charge in [-0.15, -0.1) is 0 Å². The lowest BCUT2D eigenvalue weighted by Gasteiger charge is -2.13. The van der Waals surface area contributed by atoms with Crippen LogP contribution in [0, 0.1) is 5.92 Å². The zero-order valence-corrected chi connectivity index (χ0v) is 8.08. The van der Waals surface area contributed by atoms with Crippen LogP contribution in [0.25, 0.3) is 0 Å². The molecular formula is C9H14N4O. The summed E-state index contributed by atoms with van der Waals surface area (Å²) in [6.45, 7) is 2.94. The highest BCUT2D eigenvalue weighted by Crippen LogP contribution is 2.16. The molecule has 0 bridgehead atoms. The third-order valence-electron chi connectivity index (χ3n) is 2.60. The predicted molar refractivity (Wildman–Crippen MR) is 52.8 cm³/mol. The zero-order chi connectivity index (χ0) is 9.97. The summed E-state index contributed by atoms with van der Waals surface area (Å²) < 4.78 is 0. The second kappa shape index (κ2) is 3.79. The number of amides is 1. The van der Waals surface area contributed by atoms with Crippen LogP contribution in [0.1, 0.15) is 13.3 Å². The van der Waals surface area contributed by atoms with E-state index in [1.54, 1.807) is 12.4 Å². The number of aromatic nitrogens is 2. The molecule has 2 heterocycles. The standard InChI is InChI=1S/C9H14N4O/c1-6-7(2-3-10-6)8(14)13-9-11-4-5-12-9/h4-7,10H,2-3H2,1H3,(H2,11,12,13,14). The first-order valence-corrected chi connectivity index (χ1v) is 4.81. The van der Waals surface area contributed by atoms with Crippen molar-refractivity contribution in [1.29, 1.82) is 0 Å². The Morgan fingerprint density at radius 2 is 2.57 bits per heavy atom. The maximum absolute atomic E-state index is 11.7. The van der Waals surface area contributed by atoms with Gasteiger partial charge in [0.2, 0.25) is 11.9 Å². The molecule has 1 aromatic heterocycles. The summed E-state index contributed by atoms with van der Waals surface area (Å²) in [6.07, 6.45) is 4.20. The minimum Gasteiger partial charge on any atom is -0.331 e. The molecule has 1 amide bonds. The molecule has 0 aromatic carbocycles. The number of imidazole rings is 1. The molecule has 76 valence electrons. The summed E-state index contributed by atoms with van der Waals surface area (Å²) in [7, 11) is 0. The highest BCUT2D eigenvalue weighted by molar-refractivity contribution is 5.91. The zero-order valence-electron chi connectivity index (χ0n) is 8.08. The predicted octanol–water partition coefficient (Wildman–Crippen LogP) is 0.346. The molecule has 1 aliphatic rings. The molecule has 5 nitrogen and oxygen atoms in total. The molecule has 1 aromatic rings. The van der Waals surface area contributed by atoms with E-state index in [1.165, 1.54) is 0 Å². The molecule has 2 rings (SSSR count). The van der Waals surface area contributed by atoms with Crippen LogP contribution in [-0.4, -0.2) is 28.5 Å². The number of rotatable bonds is 2. The van der Waals surface area contributed by atoms with Crippen molar-refractivity contribution in [1.82, 2.24) is 15.3 Å². The van der Waals surface area contributed by atoms with E-state index in [9.17, 15) is 4.79 Å². The fourth-order valence-corrected chi connectivity index (χ4v) is 1.76. The maximum atomic E-state index is 11.7. The van der Waals surface area contributed by atoms with E-state index in [4.69, 9.17) is 0 Å². The Hall–Kier alpha value is -1.36. The van der Waals surface area contributed by atoms with Crippen LogP contribution in [0.15, 0.2) is 12.4 Å². The number of nitrogens with zero attached hydrogens (tertiary/aromatic N) is 1. The number of hydrogen-bond acceptors (Lipinski definition) is 3. The summed E-state index contributed by atoms with van der Waals surface area (Å²) in [5.41, 5.74) is 0. The van der Waals surface area contributed by atoms with E-state index in [2.05, 4.69) is 20.6 Å². The molecule has 2 atom stereocenters. The van der Waals surface area contributed by atoms with E-state index in [0.29, 0.717) is 5.95 Å². The van der Waals surface area contributed by atoms with E-state index >= 15 is 0 Å². The van der Waals surface area contributed by atoms with E-state index in [1.807, 2.05) is 6.92 Å². The molecule has 1 fully saturated rings. The number of carbonyl (C=O) groups excluding carboxylic acids is 1. The van der Waals surface area contributed by atoms with Gasteiger partial charge in [0.05, 0.1) is 5.92 Å². The van der Waals surface area contributed by atoms with Crippen molar-refractivity contribution in [2.75, 3.05) is 11.9 Å². The molecular weight excluding hydrogens is 180 g/mol. The van der Waals surface area contributed by atoms with Gasteiger partial charge in [0.1, 0.15) is 0 Å². The maximum Gasteiger partial charge on any atom is 0.231 e. The fourth-order valence-electron chi connectivity index (χ4n) is 1.76. The average Bonchev–Trinajstić information content (AvgIpc) is 2.75. The SMILES string of the molecule is CC1NCCC1C(=O)Nc1ncc[nH]1. The van der Waals surface area contributed by atoms with Crippen molar-refractivity contribution in [2.45, 2.75) is 19.4 Å². The van der Waals surface area contributed by atoms with Crippen LogP contribution in [0.3, 0.4) is 0 Å². The van der Waals surface area contributed by atoms with Gasteiger partial charge in [0, 0.05) is 18.4 Å². The van der Waals surface area contributed by atoms with Crippen molar-refractivity contribution in [3.63, 3.8) is 0 Å². The second-order valence-corrected chi connectivity index (χ2v) is 3.56. The summed E-state index contributed by atoms with van der Waals surface area (Å²) in [4.78, 5) is 18.5. The second-order valence-electron chi connectivity index (χ2n) is 3.56. The molecule has 0 radical (unpaired) electrons. The number of anilines is 1. The van der Waals surface area contributed by atoms with Gasteiger partial charge in [-0.05, 0) is 19.9 Å². The minimum absolute atomic E-state index is 0.0393. The van der Waals surface area contributed by atoms with Gasteiger partial charge in [-0.25, -0.2) is 4.98 Å². The van der Waals surface area contributed by atoms with E-state index < -0.39 is 0 Å². The number of H-pyrrole nitrogens is 1. The Morgan fingerprint density at radius 3 is 3.14 bits per heavy atom. The molecule has 2 unspecified atom stereocenters. The van der Waals surface area contributed by atoms with Crippen molar-refractivity contribution in [3.8, 4) is 0 Å². The lowest BCUT2D eigenvalue weighted by Crippen LogP contribution is -2.32. The van der Waals surface area contributed by atoms with Gasteiger partial charge in [0.15, 0.2) is 0 Å². The molecule has 14 heavy (non-hydrogen) atoms. The Labute approximate surface area is 82.3 Å². The van der Waals surface area contributed by atoms with Crippen LogP contribution < -0.4 is 10.6 Å². The minimum atomic E-state index is 0.0393. The monoisotopic (exact) mass is 194 g/mol. The number of nitrogens with one attached hydrogen (secondary N) is 3. The first-order chi connectivity index (χ1) is 6.77. The molecule has 0 spiro atoms. The summed E-state index contributed by atoms with van der Waals surface area (Å²) in [6, 6.07) is 0.255. The Bertz CT molecular complexity index is 309. The van der Waals surface area contributed by atoms with E-state index in [0.717, 1.165) is 13.0 Å². The van der Waals surface area contributed by atoms with Crippen LogP contribution in [0.5, 0.6) is 0 Å². The van der Waals surface area contributed by atoms with Crippen LogP contribution in [0.4, 0.5) is 5.95 Å². The quantitative estimate of drug-likeness (QED) is 0.636. The molecule has 1 saturated heterocycles. The number of aromatic amines is 1. The van der Waals surface area contributed by atoms with Crippen LogP contribution in [0.2, 0.25) is 0 Å². The molecule has 5 heteroatoms. The lowest BCUT2D eigenvalue weighted by atomic mass is 10.0. The van der Waals surface area contributed by atoms with Crippen molar-refractivity contribution >= 4 is 11.9 Å². The van der Waals surface area contributed by atoms with Gasteiger partial charge >= 0.3 is 0 Å². The van der Waals surface area contributed by atoms with Gasteiger partial charge in [0.25, 0.3) is 0 Å². The van der Waals surface area contributed by atoms with Gasteiger partial charge in [-0.3, -0.25) is 10.1 Å². The van der Waals surface area contributed by atoms with Crippen molar-refractivity contribution in [3.05, 3.63) is 12.4 Å². The Morgan fingerprint density at radius 1 is 1.71 bits per heavy atom. The highest BCUT2D eigenvalue weighted by Gasteiger charge is 2.29. The van der Waals surface area contributed by atoms with Crippen LogP contribution >= 0.6 is 0 Å². The average molecular weight is 194 g/mol. The first-order valence-electron chi connectivity index (χ1n) is 4.81. The summed E-state index contributed by atoms with van der Waals surface area (Å²) in [5.74, 6) is 0.617. The number of carbonyl (C=O) groups is 1. The third kappa shape index (κ3) is 1.77. The normalized spacial score (nSPS) is 26.4. The summed E-state index contributed by atoms with van der Waals surface area (Å²) >= 11 is 0. The topological polar surface area (TPSA) is 69.8 Å². The van der Waals surface area contributed by atoms with Crippen LogP contribution in [-0.2, 0) is 4.79 Å². The largest absolute Gasteiger partial charge is 0.331 e. The third-order valence-corrected chi connectivity index (χ3v) is 2.60. The van der Waals surface area contributed by atoms with Gasteiger partial charge < -0.3 is 10.3 Å². The van der Waals surface area contributed by atoms with Crippen molar-refractivity contribution in [2.24, 2.45) is 5.92 Å². The van der Waals surface area contributed by atoms with Gasteiger partial charge in [-0.1, -0.05) is 0 Å². The molecule has 1 aliphatic heterocycles. The molecule has 0 saturated carbocycles.